The van der Waals surface area contributed by atoms with Gasteiger partial charge in [0, 0.05) is 13.1 Å². The van der Waals surface area contributed by atoms with E-state index in [4.69, 9.17) is 10.5 Å². The van der Waals surface area contributed by atoms with Gasteiger partial charge in [-0.1, -0.05) is 18.2 Å². The number of amides is 2. The Morgan fingerprint density at radius 1 is 1.33 bits per heavy atom. The zero-order chi connectivity index (χ0) is 23.8. The van der Waals surface area contributed by atoms with Gasteiger partial charge in [0.2, 0.25) is 23.5 Å². The molecule has 176 valence electrons. The summed E-state index contributed by atoms with van der Waals surface area (Å²) in [7, 11) is 0. The summed E-state index contributed by atoms with van der Waals surface area (Å²) in [6.07, 6.45) is 2.92. The van der Waals surface area contributed by atoms with Crippen LogP contribution in [0.15, 0.2) is 30.6 Å². The lowest BCUT2D eigenvalue weighted by Crippen LogP contribution is -2.46. The van der Waals surface area contributed by atoms with Crippen molar-refractivity contribution in [3.63, 3.8) is 0 Å². The molecule has 4 N–H and O–H groups in total. The lowest BCUT2D eigenvalue weighted by molar-refractivity contribution is -0.383. The number of nitrogens with two attached hydrogens (primary N) is 1. The Balaban J connectivity index is 1.78. The number of primary amides is 1. The van der Waals surface area contributed by atoms with Gasteiger partial charge >= 0.3 is 5.69 Å². The lowest BCUT2D eigenvalue weighted by Gasteiger charge is -2.24. The molecule has 12 nitrogen and oxygen atoms in total. The zero-order valence-corrected chi connectivity index (χ0v) is 18.3. The maximum absolute atomic E-state index is 12.5. The first-order chi connectivity index (χ1) is 15.9. The first-order valence-electron chi connectivity index (χ1n) is 10.7. The Morgan fingerprint density at radius 3 is 2.85 bits per heavy atom. The van der Waals surface area contributed by atoms with E-state index in [1.165, 1.54) is 6.33 Å². The maximum Gasteiger partial charge on any atom is 0.353 e. The van der Waals surface area contributed by atoms with Crippen molar-refractivity contribution in [2.24, 2.45) is 5.73 Å². The molecule has 1 atom stereocenters. The number of hydrogen-bond donors (Lipinski definition) is 3. The van der Waals surface area contributed by atoms with Crippen molar-refractivity contribution < 1.29 is 19.2 Å². The summed E-state index contributed by atoms with van der Waals surface area (Å²) >= 11 is 0. The molecular weight excluding hydrogens is 430 g/mol. The summed E-state index contributed by atoms with van der Waals surface area (Å²) in [6.45, 7) is 2.93. The number of carbonyl (C=O) groups excluding carboxylic acids is 2. The normalized spacial score (nSPS) is 15.2. The summed E-state index contributed by atoms with van der Waals surface area (Å²) in [6, 6.07) is 6.91. The van der Waals surface area contributed by atoms with Crippen LogP contribution in [-0.2, 0) is 16.0 Å². The molecule has 33 heavy (non-hydrogen) atoms. The van der Waals surface area contributed by atoms with Crippen LogP contribution >= 0.6 is 0 Å². The van der Waals surface area contributed by atoms with Gasteiger partial charge in [-0.05, 0) is 37.8 Å². The second kappa shape index (κ2) is 11.1. The van der Waals surface area contributed by atoms with Crippen LogP contribution in [0.2, 0.25) is 0 Å². The third-order valence-corrected chi connectivity index (χ3v) is 5.21. The number of ether oxygens (including phenoxy) is 1. The van der Waals surface area contributed by atoms with E-state index in [9.17, 15) is 19.7 Å². The molecule has 2 heterocycles. The standard InChI is InChI=1S/C21H27N7O5/c1-2-33-16-8-4-3-6-14(16)9-10-23-19-18(28(31)32)20(26-13-25-19)27-11-5-7-15(27)21(30)24-12-17(22)29/h3-4,6,8,13,15H,2,5,7,9-12H2,1H3,(H2,22,29)(H,24,30)(H,23,25,26). The predicted molar refractivity (Wildman–Crippen MR) is 121 cm³/mol. The first kappa shape index (κ1) is 23.7. The molecule has 1 saturated heterocycles. The van der Waals surface area contributed by atoms with Gasteiger partial charge in [0.1, 0.15) is 18.1 Å². The maximum atomic E-state index is 12.5. The molecule has 1 aliphatic heterocycles. The topological polar surface area (TPSA) is 166 Å². The highest BCUT2D eigenvalue weighted by atomic mass is 16.6. The second-order valence-electron chi connectivity index (χ2n) is 7.40. The van der Waals surface area contributed by atoms with E-state index in [0.29, 0.717) is 39.0 Å². The van der Waals surface area contributed by atoms with Gasteiger partial charge in [-0.2, -0.15) is 0 Å². The summed E-state index contributed by atoms with van der Waals surface area (Å²) in [5.74, 6) is -0.202. The SMILES string of the molecule is CCOc1ccccc1CCNc1ncnc(N2CCCC2C(=O)NCC(N)=O)c1[N+](=O)[O-]. The van der Waals surface area contributed by atoms with Crippen molar-refractivity contribution >= 4 is 29.1 Å². The highest BCUT2D eigenvalue weighted by Gasteiger charge is 2.37. The molecule has 3 rings (SSSR count). The molecule has 12 heteroatoms. The van der Waals surface area contributed by atoms with Crippen LogP contribution in [0, 0.1) is 10.1 Å². The largest absolute Gasteiger partial charge is 0.494 e. The van der Waals surface area contributed by atoms with Gasteiger partial charge in [0.05, 0.1) is 18.1 Å². The van der Waals surface area contributed by atoms with Crippen LogP contribution in [0.1, 0.15) is 25.3 Å². The molecule has 0 bridgehead atoms. The zero-order valence-electron chi connectivity index (χ0n) is 18.3. The fraction of sp³-hybridized carbons (Fsp3) is 0.429. The molecule has 1 aromatic heterocycles. The van der Waals surface area contributed by atoms with E-state index in [-0.39, 0.29) is 23.9 Å². The summed E-state index contributed by atoms with van der Waals surface area (Å²) in [4.78, 5) is 44.6. The molecule has 0 saturated carbocycles. The molecule has 1 aliphatic rings. The third kappa shape index (κ3) is 5.84. The van der Waals surface area contributed by atoms with Gasteiger partial charge in [-0.15, -0.1) is 0 Å². The molecule has 1 unspecified atom stereocenters. The highest BCUT2D eigenvalue weighted by molar-refractivity contribution is 5.90. The van der Waals surface area contributed by atoms with Gasteiger partial charge in [-0.25, -0.2) is 9.97 Å². The van der Waals surface area contributed by atoms with Crippen molar-refractivity contribution in [2.75, 3.05) is 36.5 Å². The van der Waals surface area contributed by atoms with Crippen molar-refractivity contribution in [3.05, 3.63) is 46.3 Å². The van der Waals surface area contributed by atoms with E-state index in [1.807, 2.05) is 31.2 Å². The summed E-state index contributed by atoms with van der Waals surface area (Å²) in [5, 5.41) is 17.4. The predicted octanol–water partition coefficient (Wildman–Crippen LogP) is 1.01. The number of nitrogens with zero attached hydrogens (tertiary/aromatic N) is 4. The van der Waals surface area contributed by atoms with Crippen LogP contribution in [0.25, 0.3) is 0 Å². The Kier molecular flexibility index (Phi) is 7.95. The lowest BCUT2D eigenvalue weighted by atomic mass is 10.1. The van der Waals surface area contributed by atoms with Crippen LogP contribution in [0.4, 0.5) is 17.3 Å². The fourth-order valence-corrected chi connectivity index (χ4v) is 3.78. The van der Waals surface area contributed by atoms with E-state index < -0.39 is 22.8 Å². The number of rotatable bonds is 11. The molecule has 0 aliphatic carbocycles. The van der Waals surface area contributed by atoms with E-state index in [0.717, 1.165) is 11.3 Å². The van der Waals surface area contributed by atoms with Crippen molar-refractivity contribution in [2.45, 2.75) is 32.2 Å². The number of aromatic nitrogens is 2. The Hall–Kier alpha value is -3.96. The third-order valence-electron chi connectivity index (χ3n) is 5.21. The number of benzene rings is 1. The molecular formula is C21H27N7O5. The van der Waals surface area contributed by atoms with E-state index >= 15 is 0 Å². The molecule has 1 aromatic carbocycles. The fourth-order valence-electron chi connectivity index (χ4n) is 3.78. The van der Waals surface area contributed by atoms with Crippen molar-refractivity contribution in [1.29, 1.82) is 0 Å². The van der Waals surface area contributed by atoms with Gasteiger partial charge in [0.15, 0.2) is 0 Å². The Labute approximate surface area is 190 Å². The van der Waals surface area contributed by atoms with E-state index in [2.05, 4.69) is 20.6 Å². The molecule has 2 aromatic rings. The first-order valence-corrected chi connectivity index (χ1v) is 10.7. The van der Waals surface area contributed by atoms with E-state index in [1.54, 1.807) is 4.90 Å². The number of para-hydroxylation sites is 1. The Bertz CT molecular complexity index is 1020. The average Bonchev–Trinajstić information content (AvgIpc) is 3.28. The van der Waals surface area contributed by atoms with Crippen LogP contribution < -0.4 is 26.0 Å². The minimum Gasteiger partial charge on any atom is -0.494 e. The number of anilines is 2. The molecule has 1 fully saturated rings. The average molecular weight is 457 g/mol. The van der Waals surface area contributed by atoms with Crippen LogP contribution in [0.3, 0.4) is 0 Å². The van der Waals surface area contributed by atoms with Gasteiger partial charge in [-0.3, -0.25) is 19.7 Å². The van der Waals surface area contributed by atoms with Gasteiger partial charge in [0.25, 0.3) is 0 Å². The number of nitro groups is 1. The monoisotopic (exact) mass is 457 g/mol. The summed E-state index contributed by atoms with van der Waals surface area (Å²) in [5.41, 5.74) is 5.76. The van der Waals surface area contributed by atoms with Gasteiger partial charge < -0.3 is 26.0 Å². The minimum absolute atomic E-state index is 0.0592. The number of nitrogens with one attached hydrogen (secondary N) is 2. The smallest absolute Gasteiger partial charge is 0.353 e. The second-order valence-corrected chi connectivity index (χ2v) is 7.40. The Morgan fingerprint density at radius 2 is 2.12 bits per heavy atom. The van der Waals surface area contributed by atoms with Crippen molar-refractivity contribution in [3.8, 4) is 5.75 Å². The minimum atomic E-state index is -0.691. The van der Waals surface area contributed by atoms with Crippen LogP contribution in [0.5, 0.6) is 5.75 Å². The highest BCUT2D eigenvalue weighted by Crippen LogP contribution is 2.35. The molecule has 0 spiro atoms. The molecule has 0 radical (unpaired) electrons. The number of hydrogen-bond acceptors (Lipinski definition) is 9. The quantitative estimate of drug-likeness (QED) is 0.330. The molecule has 2 amide bonds. The number of carbonyl (C=O) groups is 2. The van der Waals surface area contributed by atoms with Crippen LogP contribution in [-0.4, -0.2) is 59.0 Å². The van der Waals surface area contributed by atoms with Crippen molar-refractivity contribution in [1.82, 2.24) is 15.3 Å². The summed E-state index contributed by atoms with van der Waals surface area (Å²) < 4.78 is 5.62.